The van der Waals surface area contributed by atoms with Gasteiger partial charge in [-0.3, -0.25) is 9.40 Å². The van der Waals surface area contributed by atoms with Crippen molar-refractivity contribution >= 4 is 15.7 Å². The molecule has 162 valence electrons. The third kappa shape index (κ3) is 6.73. The molecule has 1 N–H and O–H groups in total. The van der Waals surface area contributed by atoms with Crippen molar-refractivity contribution in [2.45, 2.75) is 24.2 Å². The lowest BCUT2D eigenvalue weighted by Crippen LogP contribution is -2.20. The Bertz CT molecular complexity index is 933. The van der Waals surface area contributed by atoms with Crippen molar-refractivity contribution in [3.8, 4) is 11.5 Å². The summed E-state index contributed by atoms with van der Waals surface area (Å²) in [5.41, 5.74) is -0.0966. The van der Waals surface area contributed by atoms with Crippen LogP contribution in [0.1, 0.15) is 5.69 Å². The van der Waals surface area contributed by atoms with Crippen molar-refractivity contribution in [3.63, 3.8) is 0 Å². The van der Waals surface area contributed by atoms with E-state index in [1.807, 2.05) is 0 Å². The Labute approximate surface area is 161 Å². The van der Waals surface area contributed by atoms with E-state index >= 15 is 0 Å². The monoisotopic (exact) mass is 447 g/mol. The van der Waals surface area contributed by atoms with Crippen molar-refractivity contribution in [1.29, 1.82) is 0 Å². The lowest BCUT2D eigenvalue weighted by molar-refractivity contribution is -0.153. The number of halogens is 6. The number of aromatic nitrogens is 2. The molecule has 0 aliphatic heterocycles. The number of sulfonamides is 1. The minimum atomic E-state index is -4.71. The SMILES string of the molecule is Cc1c(S(=O)(=O)Nc2cc(OCC(F)(F)F)cc(OCC(F)(F)F)c2)cnn1C. The number of aryl methyl sites for hydroxylation is 1. The van der Waals surface area contributed by atoms with Crippen LogP contribution < -0.4 is 14.2 Å². The molecule has 0 bridgehead atoms. The van der Waals surface area contributed by atoms with E-state index in [2.05, 4.69) is 19.3 Å². The number of anilines is 1. The molecule has 1 aromatic heterocycles. The maximum Gasteiger partial charge on any atom is 0.422 e. The average molecular weight is 447 g/mol. The van der Waals surface area contributed by atoms with Crippen LogP contribution in [0, 0.1) is 6.92 Å². The fourth-order valence-electron chi connectivity index (χ4n) is 2.08. The largest absolute Gasteiger partial charge is 0.484 e. The van der Waals surface area contributed by atoms with E-state index < -0.39 is 47.1 Å². The normalized spacial score (nSPS) is 12.7. The Balaban J connectivity index is 2.34. The topological polar surface area (TPSA) is 82.5 Å². The standard InChI is InChI=1S/C15H15F6N3O4S/c1-9-13(6-22-24(9)2)29(25,26)23-10-3-11(27-7-14(16,17)18)5-12(4-10)28-8-15(19,20)21/h3-6,23H,7-8H2,1-2H3. The van der Waals surface area contributed by atoms with Crippen LogP contribution in [-0.4, -0.2) is 43.8 Å². The number of nitrogens with one attached hydrogen (secondary N) is 1. The van der Waals surface area contributed by atoms with Crippen LogP contribution in [0.15, 0.2) is 29.3 Å². The van der Waals surface area contributed by atoms with E-state index in [-0.39, 0.29) is 16.3 Å². The molecule has 29 heavy (non-hydrogen) atoms. The van der Waals surface area contributed by atoms with Crippen molar-refractivity contribution in [2.24, 2.45) is 7.05 Å². The lowest BCUT2D eigenvalue weighted by atomic mass is 10.3. The zero-order valence-corrected chi connectivity index (χ0v) is 15.7. The first-order valence-corrected chi connectivity index (χ1v) is 9.20. The smallest absolute Gasteiger partial charge is 0.422 e. The van der Waals surface area contributed by atoms with Crippen LogP contribution in [0.25, 0.3) is 0 Å². The fraction of sp³-hybridized carbons (Fsp3) is 0.400. The number of alkyl halides is 6. The highest BCUT2D eigenvalue weighted by molar-refractivity contribution is 7.92. The minimum absolute atomic E-state index is 0.223. The van der Waals surface area contributed by atoms with Gasteiger partial charge in [0.15, 0.2) is 13.2 Å². The molecule has 2 aromatic rings. The van der Waals surface area contributed by atoms with Gasteiger partial charge in [-0.25, -0.2) is 8.42 Å². The summed E-state index contributed by atoms with van der Waals surface area (Å²) >= 11 is 0. The summed E-state index contributed by atoms with van der Waals surface area (Å²) in [5, 5.41) is 3.77. The van der Waals surface area contributed by atoms with Crippen LogP contribution >= 0.6 is 0 Å². The van der Waals surface area contributed by atoms with Gasteiger partial charge in [0.25, 0.3) is 10.0 Å². The molecular formula is C15H15F6N3O4S. The maximum absolute atomic E-state index is 12.5. The zero-order valence-electron chi connectivity index (χ0n) is 14.9. The van der Waals surface area contributed by atoms with E-state index in [4.69, 9.17) is 0 Å². The molecule has 1 aromatic carbocycles. The molecule has 0 radical (unpaired) electrons. The van der Waals surface area contributed by atoms with E-state index in [0.717, 1.165) is 24.4 Å². The van der Waals surface area contributed by atoms with Crippen molar-refractivity contribution in [3.05, 3.63) is 30.1 Å². The zero-order chi connectivity index (χ0) is 22.0. The molecule has 0 atom stereocenters. The summed E-state index contributed by atoms with van der Waals surface area (Å²) in [6, 6.07) is 2.55. The van der Waals surface area contributed by atoms with Gasteiger partial charge in [0.1, 0.15) is 16.4 Å². The van der Waals surface area contributed by atoms with Gasteiger partial charge < -0.3 is 9.47 Å². The minimum Gasteiger partial charge on any atom is -0.484 e. The second-order valence-electron chi connectivity index (χ2n) is 5.82. The summed E-state index contributed by atoms with van der Waals surface area (Å²) in [6.45, 7) is -2.00. The molecule has 0 amide bonds. The molecule has 14 heteroatoms. The first kappa shape index (κ1) is 22.6. The molecule has 0 saturated heterocycles. The molecule has 0 saturated carbocycles. The molecular weight excluding hydrogens is 432 g/mol. The quantitative estimate of drug-likeness (QED) is 0.658. The van der Waals surface area contributed by atoms with Gasteiger partial charge in [-0.15, -0.1) is 0 Å². The highest BCUT2D eigenvalue weighted by Crippen LogP contribution is 2.30. The Morgan fingerprint density at radius 1 is 1.00 bits per heavy atom. The highest BCUT2D eigenvalue weighted by atomic mass is 32.2. The summed E-state index contributed by atoms with van der Waals surface area (Å²) in [4.78, 5) is -0.223. The first-order valence-electron chi connectivity index (χ1n) is 7.72. The predicted octanol–water partition coefficient (Wildman–Crippen LogP) is 3.41. The lowest BCUT2D eigenvalue weighted by Gasteiger charge is -2.15. The van der Waals surface area contributed by atoms with Gasteiger partial charge in [-0.1, -0.05) is 0 Å². The molecule has 7 nitrogen and oxygen atoms in total. The number of hydrogen-bond donors (Lipinski definition) is 1. The molecule has 0 aliphatic carbocycles. The van der Waals surface area contributed by atoms with Gasteiger partial charge >= 0.3 is 12.4 Å². The van der Waals surface area contributed by atoms with Gasteiger partial charge in [0, 0.05) is 25.2 Å². The van der Waals surface area contributed by atoms with Crippen LogP contribution in [0.5, 0.6) is 11.5 Å². The van der Waals surface area contributed by atoms with Gasteiger partial charge in [0.2, 0.25) is 0 Å². The van der Waals surface area contributed by atoms with Gasteiger partial charge in [-0.2, -0.15) is 31.4 Å². The summed E-state index contributed by atoms with van der Waals surface area (Å²) in [5.74, 6) is -1.08. The Hall–Kier alpha value is -2.64. The summed E-state index contributed by atoms with van der Waals surface area (Å²) in [6.07, 6.45) is -8.38. The Morgan fingerprint density at radius 3 is 1.86 bits per heavy atom. The summed E-state index contributed by atoms with van der Waals surface area (Å²) < 4.78 is 111. The van der Waals surface area contributed by atoms with Crippen LogP contribution in [0.4, 0.5) is 32.0 Å². The number of rotatable bonds is 7. The van der Waals surface area contributed by atoms with E-state index in [0.29, 0.717) is 0 Å². The van der Waals surface area contributed by atoms with Crippen molar-refractivity contribution in [2.75, 3.05) is 17.9 Å². The van der Waals surface area contributed by atoms with Crippen LogP contribution in [0.2, 0.25) is 0 Å². The molecule has 0 unspecified atom stereocenters. The highest BCUT2D eigenvalue weighted by Gasteiger charge is 2.30. The molecule has 0 spiro atoms. The van der Waals surface area contributed by atoms with Gasteiger partial charge in [-0.05, 0) is 6.92 Å². The Morgan fingerprint density at radius 2 is 1.48 bits per heavy atom. The molecule has 1 heterocycles. The number of benzene rings is 1. The van der Waals surface area contributed by atoms with E-state index in [9.17, 15) is 34.8 Å². The Kier molecular flexibility index (Phi) is 6.25. The van der Waals surface area contributed by atoms with E-state index in [1.165, 1.54) is 18.7 Å². The van der Waals surface area contributed by atoms with E-state index in [1.54, 1.807) is 0 Å². The fourth-order valence-corrected chi connectivity index (χ4v) is 3.33. The second kappa shape index (κ2) is 8.00. The molecule has 2 rings (SSSR count). The molecule has 0 fully saturated rings. The maximum atomic E-state index is 12.5. The van der Waals surface area contributed by atoms with Crippen molar-refractivity contribution < 1.29 is 44.2 Å². The third-order valence-corrected chi connectivity index (χ3v) is 4.90. The predicted molar refractivity (Wildman–Crippen MR) is 88.3 cm³/mol. The number of nitrogens with zero attached hydrogens (tertiary/aromatic N) is 2. The van der Waals surface area contributed by atoms with Crippen LogP contribution in [-0.2, 0) is 17.1 Å². The third-order valence-electron chi connectivity index (χ3n) is 3.42. The van der Waals surface area contributed by atoms with Gasteiger partial charge in [0.05, 0.1) is 17.6 Å². The number of ether oxygens (including phenoxy) is 2. The number of hydrogen-bond acceptors (Lipinski definition) is 5. The average Bonchev–Trinajstić information content (AvgIpc) is 2.89. The molecule has 0 aliphatic rings. The van der Waals surface area contributed by atoms with Crippen LogP contribution in [0.3, 0.4) is 0 Å². The second-order valence-corrected chi connectivity index (χ2v) is 7.47. The van der Waals surface area contributed by atoms with Crippen molar-refractivity contribution in [1.82, 2.24) is 9.78 Å². The summed E-state index contributed by atoms with van der Waals surface area (Å²) in [7, 11) is -2.74. The first-order chi connectivity index (χ1) is 13.2.